The third-order valence-electron chi connectivity index (χ3n) is 5.64. The Labute approximate surface area is 237 Å². The van der Waals surface area contributed by atoms with Gasteiger partial charge in [0.25, 0.3) is 0 Å². The van der Waals surface area contributed by atoms with Gasteiger partial charge in [-0.3, -0.25) is 0 Å². The van der Waals surface area contributed by atoms with Crippen molar-refractivity contribution in [1.29, 1.82) is 10.5 Å². The van der Waals surface area contributed by atoms with Crippen LogP contribution in [0.15, 0.2) is 23.9 Å². The predicted octanol–water partition coefficient (Wildman–Crippen LogP) is 7.23. The van der Waals surface area contributed by atoms with E-state index in [9.17, 15) is 0 Å². The summed E-state index contributed by atoms with van der Waals surface area (Å²) >= 11 is 7.40. The molecule has 9 heteroatoms. The molecule has 6 nitrogen and oxygen atoms in total. The van der Waals surface area contributed by atoms with Crippen molar-refractivity contribution in [3.8, 4) is 10.8 Å². The van der Waals surface area contributed by atoms with Gasteiger partial charge in [-0.1, -0.05) is 87.8 Å². The fourth-order valence-corrected chi connectivity index (χ4v) is 3.13. The van der Waals surface area contributed by atoms with Crippen LogP contribution in [0.4, 0.5) is 0 Å². The summed E-state index contributed by atoms with van der Waals surface area (Å²) in [5.74, 6) is 2.83. The molecule has 35 heavy (non-hydrogen) atoms. The molecule has 4 rings (SSSR count). The van der Waals surface area contributed by atoms with Crippen LogP contribution in [0.3, 0.4) is 0 Å². The van der Waals surface area contributed by atoms with Gasteiger partial charge in [0.05, 0.1) is 0 Å². The Morgan fingerprint density at radius 1 is 0.714 bits per heavy atom. The maximum absolute atomic E-state index is 7.13. The quantitative estimate of drug-likeness (QED) is 0.229. The van der Waals surface area contributed by atoms with E-state index in [-0.39, 0.29) is 16.8 Å². The van der Waals surface area contributed by atoms with Crippen molar-refractivity contribution in [2.24, 2.45) is 17.8 Å². The molecule has 0 amide bonds. The minimum atomic E-state index is 0. The molecule has 0 saturated carbocycles. The molecular weight excluding hydrogens is 519 g/mol. The van der Waals surface area contributed by atoms with Gasteiger partial charge in [-0.2, -0.15) is 6.20 Å². The smallest absolute Gasteiger partial charge is 0 e. The zero-order chi connectivity index (χ0) is 25.9. The van der Waals surface area contributed by atoms with Crippen molar-refractivity contribution < 1.29 is 16.8 Å². The van der Waals surface area contributed by atoms with Gasteiger partial charge in [-0.05, 0) is 24.7 Å². The van der Waals surface area contributed by atoms with Crippen LogP contribution < -0.4 is 0 Å². The van der Waals surface area contributed by atoms with E-state index in [1.165, 1.54) is 54.9 Å². The first kappa shape index (κ1) is 38.6. The molecule has 4 aliphatic rings. The maximum Gasteiger partial charge on any atom is 0 e. The van der Waals surface area contributed by atoms with Gasteiger partial charge in [-0.15, -0.1) is 45.8 Å². The van der Waals surface area contributed by atoms with Crippen LogP contribution in [0.5, 0.6) is 0 Å². The van der Waals surface area contributed by atoms with Crippen molar-refractivity contribution in [1.82, 2.24) is 0 Å². The minimum absolute atomic E-state index is 0. The fourth-order valence-electron chi connectivity index (χ4n) is 3.13. The molecule has 4 heterocycles. The van der Waals surface area contributed by atoms with Crippen molar-refractivity contribution in [2.45, 2.75) is 66.2 Å². The molecule has 3 saturated heterocycles. The Balaban J connectivity index is -0.000000360. The van der Waals surface area contributed by atoms with E-state index in [4.69, 9.17) is 10.5 Å². The molecule has 0 aliphatic carbocycles. The minimum Gasteiger partial charge on any atom is -0.696 e. The number of hydrogen-bond acceptors (Lipinski definition) is 4. The number of rotatable bonds is 0. The molecule has 0 aromatic rings. The first-order valence-corrected chi connectivity index (χ1v) is 13.1. The third kappa shape index (κ3) is 33.1. The van der Waals surface area contributed by atoms with Crippen LogP contribution in [0.25, 0.3) is 21.3 Å². The SMILES string of the molecule is CC1=CC[N-]C=C1.CC1CC[N-]CC1.CC1CC[N-]CC1.CC1CC[N-]CC1.N#C[S-].N#C[S-].[Co]. The molecule has 205 valence electrons. The molecular formula is C26H44CoN6S2-6. The van der Waals surface area contributed by atoms with Crippen molar-refractivity contribution in [2.75, 3.05) is 45.8 Å². The Kier molecular flexibility index (Phi) is 34.3. The van der Waals surface area contributed by atoms with Crippen molar-refractivity contribution in [3.63, 3.8) is 0 Å². The van der Waals surface area contributed by atoms with Gasteiger partial charge in [0.15, 0.2) is 0 Å². The summed E-state index contributed by atoms with van der Waals surface area (Å²) in [5.41, 5.74) is 1.31. The van der Waals surface area contributed by atoms with E-state index < -0.39 is 0 Å². The van der Waals surface area contributed by atoms with Gasteiger partial charge < -0.3 is 46.5 Å². The number of nitriles is 2. The molecule has 0 atom stereocenters. The van der Waals surface area contributed by atoms with Gasteiger partial charge in [0, 0.05) is 16.8 Å². The molecule has 0 spiro atoms. The molecule has 1 radical (unpaired) electrons. The van der Waals surface area contributed by atoms with Gasteiger partial charge in [0.1, 0.15) is 0 Å². The van der Waals surface area contributed by atoms with Crippen LogP contribution in [-0.2, 0) is 42.0 Å². The Bertz CT molecular complexity index is 521. The normalized spacial score (nSPS) is 19.2. The van der Waals surface area contributed by atoms with E-state index >= 15 is 0 Å². The van der Waals surface area contributed by atoms with E-state index in [0.717, 1.165) is 63.6 Å². The van der Waals surface area contributed by atoms with E-state index in [1.54, 1.807) is 0 Å². The monoisotopic (exact) mass is 563 g/mol. The second-order valence-electron chi connectivity index (χ2n) is 8.87. The molecule has 0 N–H and O–H groups in total. The van der Waals surface area contributed by atoms with Crippen LogP contribution in [-0.4, -0.2) is 45.8 Å². The number of nitrogens with zero attached hydrogens (tertiary/aromatic N) is 6. The number of hydrogen-bond donors (Lipinski definition) is 0. The average molecular weight is 564 g/mol. The van der Waals surface area contributed by atoms with Gasteiger partial charge in [0.2, 0.25) is 0 Å². The molecule has 3 fully saturated rings. The van der Waals surface area contributed by atoms with Crippen LogP contribution in [0.2, 0.25) is 0 Å². The first-order chi connectivity index (χ1) is 16.4. The summed E-state index contributed by atoms with van der Waals surface area (Å²) in [6, 6.07) is 0. The van der Waals surface area contributed by atoms with Crippen molar-refractivity contribution in [3.05, 3.63) is 45.2 Å². The Morgan fingerprint density at radius 2 is 1.00 bits per heavy atom. The number of thiocyanates is 2. The van der Waals surface area contributed by atoms with Gasteiger partial charge >= 0.3 is 0 Å². The topological polar surface area (TPSA) is 104 Å². The largest absolute Gasteiger partial charge is 0.696 e. The number of allylic oxidation sites excluding steroid dienone is 2. The van der Waals surface area contributed by atoms with Crippen LogP contribution in [0.1, 0.15) is 66.2 Å². The molecule has 0 aromatic heterocycles. The Hall–Kier alpha value is -0.914. The summed E-state index contributed by atoms with van der Waals surface area (Å²) < 4.78 is 0. The maximum atomic E-state index is 7.13. The second-order valence-corrected chi connectivity index (χ2v) is 9.24. The summed E-state index contributed by atoms with van der Waals surface area (Å²) in [6.45, 7) is 16.5. The molecule has 0 unspecified atom stereocenters. The second kappa shape index (κ2) is 31.1. The van der Waals surface area contributed by atoms with Gasteiger partial charge in [-0.25, -0.2) is 10.5 Å². The number of piperidine rings is 3. The van der Waals surface area contributed by atoms with E-state index in [2.05, 4.69) is 80.3 Å². The summed E-state index contributed by atoms with van der Waals surface area (Å²) in [4.78, 5) is 0. The first-order valence-electron chi connectivity index (χ1n) is 12.3. The zero-order valence-corrected chi connectivity index (χ0v) is 24.7. The van der Waals surface area contributed by atoms with Crippen molar-refractivity contribution >= 4 is 25.3 Å². The summed E-state index contributed by atoms with van der Waals surface area (Å²) in [7, 11) is 0. The van der Waals surface area contributed by atoms with E-state index in [1.807, 2.05) is 12.3 Å². The van der Waals surface area contributed by atoms with Crippen LogP contribution >= 0.6 is 0 Å². The van der Waals surface area contributed by atoms with E-state index in [0.29, 0.717) is 0 Å². The Morgan fingerprint density at radius 3 is 1.11 bits per heavy atom. The molecule has 0 aromatic carbocycles. The van der Waals surface area contributed by atoms with Crippen LogP contribution in [0, 0.1) is 39.1 Å². The fraction of sp³-hybridized carbons (Fsp3) is 0.769. The summed E-state index contributed by atoms with van der Waals surface area (Å²) in [5, 5.41) is 33.6. The molecule has 4 aliphatic heterocycles. The average Bonchev–Trinajstić information content (AvgIpc) is 2.83. The third-order valence-corrected chi connectivity index (χ3v) is 5.64. The molecule has 0 bridgehead atoms. The standard InChI is InChI=1S/3C6H12N.C6H8N.2CHNS.Co/c4*1-6-2-4-7-5-3-6;2*2-1-3;/h3*6H,2-5H2,1H3;2-4H,5H2,1H3;2*3H;/q4*-1;;;/p-2. The zero-order valence-electron chi connectivity index (χ0n) is 22.0. The predicted molar refractivity (Wildman–Crippen MR) is 152 cm³/mol. The summed E-state index contributed by atoms with van der Waals surface area (Å²) in [6.07, 6.45) is 13.9.